The van der Waals surface area contributed by atoms with Gasteiger partial charge in [-0.15, -0.1) is 0 Å². The third-order valence-electron chi connectivity index (χ3n) is 3.30. The van der Waals surface area contributed by atoms with Crippen LogP contribution in [-0.4, -0.2) is 30.5 Å². The molecule has 1 aliphatic rings. The van der Waals surface area contributed by atoms with Crippen LogP contribution in [0.25, 0.3) is 10.9 Å². The molecule has 0 spiro atoms. The lowest BCUT2D eigenvalue weighted by Gasteiger charge is -2.26. The fourth-order valence-electron chi connectivity index (χ4n) is 2.04. The van der Waals surface area contributed by atoms with Gasteiger partial charge in [0.05, 0.1) is 5.52 Å². The number of amides is 1. The summed E-state index contributed by atoms with van der Waals surface area (Å²) in [4.78, 5) is 16.3. The van der Waals surface area contributed by atoms with E-state index in [1.54, 1.807) is 12.1 Å². The summed E-state index contributed by atoms with van der Waals surface area (Å²) in [5.41, 5.74) is 1.17. The Labute approximate surface area is 116 Å². The molecule has 0 radical (unpaired) electrons. The van der Waals surface area contributed by atoms with Crippen LogP contribution in [0.5, 0.6) is 0 Å². The van der Waals surface area contributed by atoms with E-state index < -0.39 is 0 Å². The number of carbonyl (C=O) groups excluding carboxylic acids is 1. The molecule has 1 aromatic carbocycles. The molecule has 1 aliphatic heterocycles. The van der Waals surface area contributed by atoms with Crippen molar-refractivity contribution in [3.63, 3.8) is 0 Å². The van der Waals surface area contributed by atoms with Crippen molar-refractivity contribution in [1.29, 1.82) is 0 Å². The normalized spacial score (nSPS) is 15.2. The Hall–Kier alpha value is -1.65. The maximum Gasteiger partial charge on any atom is 0.269 e. The Bertz CT molecular complexity index is 625. The van der Waals surface area contributed by atoms with Crippen molar-refractivity contribution < 1.29 is 4.79 Å². The summed E-state index contributed by atoms with van der Waals surface area (Å²) in [5, 5.41) is 7.68. The molecule has 0 saturated carbocycles. The third kappa shape index (κ3) is 2.69. The smallest absolute Gasteiger partial charge is 0.269 e. The van der Waals surface area contributed by atoms with E-state index in [-0.39, 0.29) is 5.91 Å². The number of nitrogens with one attached hydrogen (secondary N) is 2. The molecule has 19 heavy (non-hydrogen) atoms. The van der Waals surface area contributed by atoms with Crippen molar-refractivity contribution in [3.8, 4) is 0 Å². The summed E-state index contributed by atoms with van der Waals surface area (Å²) in [7, 11) is 0. The van der Waals surface area contributed by atoms with E-state index in [9.17, 15) is 4.79 Å². The number of carbonyl (C=O) groups is 1. The number of fused-ring (bicyclic) bond motifs is 1. The Kier molecular flexibility index (Phi) is 3.36. The molecule has 1 aromatic heterocycles. The second-order valence-electron chi connectivity index (χ2n) is 4.77. The quantitative estimate of drug-likeness (QED) is 0.899. The van der Waals surface area contributed by atoms with Crippen LogP contribution in [0.4, 0.5) is 0 Å². The summed E-state index contributed by atoms with van der Waals surface area (Å²) in [6.07, 6.45) is 0. The van der Waals surface area contributed by atoms with Gasteiger partial charge in [0.1, 0.15) is 5.69 Å². The molecular weight excluding hydrogens is 262 g/mol. The molecule has 1 amide bonds. The number of hydrogen-bond donors (Lipinski definition) is 2. The second-order valence-corrected chi connectivity index (χ2v) is 5.20. The lowest BCUT2D eigenvalue weighted by molar-refractivity contribution is 0.0937. The van der Waals surface area contributed by atoms with Crippen LogP contribution in [0, 0.1) is 5.92 Å². The molecule has 3 rings (SSSR count). The first kappa shape index (κ1) is 12.4. The molecule has 1 fully saturated rings. The molecule has 98 valence electrons. The van der Waals surface area contributed by atoms with Crippen LogP contribution < -0.4 is 10.6 Å². The average molecular weight is 276 g/mol. The molecule has 4 nitrogen and oxygen atoms in total. The van der Waals surface area contributed by atoms with Gasteiger partial charge in [-0.1, -0.05) is 23.7 Å². The summed E-state index contributed by atoms with van der Waals surface area (Å²) in [6, 6.07) is 9.11. The molecule has 1 saturated heterocycles. The van der Waals surface area contributed by atoms with Crippen molar-refractivity contribution in [2.75, 3.05) is 19.6 Å². The number of pyridine rings is 1. The number of aromatic nitrogens is 1. The van der Waals surface area contributed by atoms with Gasteiger partial charge in [0.2, 0.25) is 0 Å². The van der Waals surface area contributed by atoms with Crippen LogP contribution >= 0.6 is 11.6 Å². The van der Waals surface area contributed by atoms with Gasteiger partial charge in [-0.05, 0) is 18.2 Å². The summed E-state index contributed by atoms with van der Waals surface area (Å²) in [5.74, 6) is 0.410. The minimum Gasteiger partial charge on any atom is -0.350 e. The average Bonchev–Trinajstić information content (AvgIpc) is 2.35. The third-order valence-corrected chi connectivity index (χ3v) is 3.54. The molecule has 2 aromatic rings. The Morgan fingerprint density at radius 3 is 2.89 bits per heavy atom. The molecule has 0 bridgehead atoms. The number of halogens is 1. The zero-order valence-corrected chi connectivity index (χ0v) is 11.1. The van der Waals surface area contributed by atoms with Gasteiger partial charge in [0, 0.05) is 36.0 Å². The van der Waals surface area contributed by atoms with Crippen molar-refractivity contribution in [2.24, 2.45) is 5.92 Å². The van der Waals surface area contributed by atoms with Crippen LogP contribution in [-0.2, 0) is 0 Å². The first-order valence-electron chi connectivity index (χ1n) is 6.27. The van der Waals surface area contributed by atoms with Crippen molar-refractivity contribution in [2.45, 2.75) is 0 Å². The van der Waals surface area contributed by atoms with E-state index in [4.69, 9.17) is 11.6 Å². The van der Waals surface area contributed by atoms with Crippen molar-refractivity contribution in [3.05, 3.63) is 41.0 Å². The zero-order valence-electron chi connectivity index (χ0n) is 10.3. The SMILES string of the molecule is O=C(NCC1CNC1)c1ccc2ccc(Cl)cc2n1. The minimum atomic E-state index is -0.131. The Balaban J connectivity index is 1.77. The highest BCUT2D eigenvalue weighted by Gasteiger charge is 2.18. The van der Waals surface area contributed by atoms with Gasteiger partial charge < -0.3 is 10.6 Å². The number of benzene rings is 1. The van der Waals surface area contributed by atoms with Gasteiger partial charge in [0.25, 0.3) is 5.91 Å². The topological polar surface area (TPSA) is 54.0 Å². The van der Waals surface area contributed by atoms with E-state index in [1.165, 1.54) is 0 Å². The summed E-state index contributed by atoms with van der Waals surface area (Å²) < 4.78 is 0. The highest BCUT2D eigenvalue weighted by molar-refractivity contribution is 6.31. The van der Waals surface area contributed by atoms with Crippen LogP contribution in [0.15, 0.2) is 30.3 Å². The number of hydrogen-bond acceptors (Lipinski definition) is 3. The molecule has 0 unspecified atom stereocenters. The molecule has 2 N–H and O–H groups in total. The largest absolute Gasteiger partial charge is 0.350 e. The van der Waals surface area contributed by atoms with Gasteiger partial charge >= 0.3 is 0 Å². The first-order chi connectivity index (χ1) is 9.22. The minimum absolute atomic E-state index is 0.131. The van der Waals surface area contributed by atoms with Crippen molar-refractivity contribution >= 4 is 28.4 Å². The van der Waals surface area contributed by atoms with E-state index in [2.05, 4.69) is 15.6 Å². The highest BCUT2D eigenvalue weighted by Crippen LogP contribution is 2.18. The molecular formula is C14H14ClN3O. The fraction of sp³-hybridized carbons (Fsp3) is 0.286. The van der Waals surface area contributed by atoms with Crippen LogP contribution in [0.2, 0.25) is 5.02 Å². The van der Waals surface area contributed by atoms with Crippen LogP contribution in [0.1, 0.15) is 10.5 Å². The molecule has 0 aliphatic carbocycles. The van der Waals surface area contributed by atoms with Gasteiger partial charge in [-0.2, -0.15) is 0 Å². The highest BCUT2D eigenvalue weighted by atomic mass is 35.5. The predicted octanol–water partition coefficient (Wildman–Crippen LogP) is 1.84. The number of nitrogens with zero attached hydrogens (tertiary/aromatic N) is 1. The lowest BCUT2D eigenvalue weighted by Crippen LogP contribution is -2.48. The second kappa shape index (κ2) is 5.15. The summed E-state index contributed by atoms with van der Waals surface area (Å²) >= 11 is 5.93. The van der Waals surface area contributed by atoms with E-state index in [0.717, 1.165) is 24.0 Å². The zero-order chi connectivity index (χ0) is 13.2. The standard InChI is InChI=1S/C14H14ClN3O/c15-11-3-1-10-2-4-12(18-13(10)5-11)14(19)17-8-9-6-16-7-9/h1-5,9,16H,6-8H2,(H,17,19). The maximum atomic E-state index is 12.0. The molecule has 0 atom stereocenters. The maximum absolute atomic E-state index is 12.0. The summed E-state index contributed by atoms with van der Waals surface area (Å²) in [6.45, 7) is 2.64. The van der Waals surface area contributed by atoms with E-state index >= 15 is 0 Å². The molecule has 5 heteroatoms. The first-order valence-corrected chi connectivity index (χ1v) is 6.65. The van der Waals surface area contributed by atoms with E-state index in [1.807, 2.05) is 18.2 Å². The van der Waals surface area contributed by atoms with Gasteiger partial charge in [-0.25, -0.2) is 4.98 Å². The Morgan fingerprint density at radius 2 is 2.16 bits per heavy atom. The van der Waals surface area contributed by atoms with Gasteiger partial charge in [0.15, 0.2) is 0 Å². The van der Waals surface area contributed by atoms with Crippen molar-refractivity contribution in [1.82, 2.24) is 15.6 Å². The van der Waals surface area contributed by atoms with Gasteiger partial charge in [-0.3, -0.25) is 4.79 Å². The van der Waals surface area contributed by atoms with E-state index in [0.29, 0.717) is 23.2 Å². The monoisotopic (exact) mass is 275 g/mol. The lowest BCUT2D eigenvalue weighted by atomic mass is 10.0. The Morgan fingerprint density at radius 1 is 1.37 bits per heavy atom. The fourth-order valence-corrected chi connectivity index (χ4v) is 2.20. The predicted molar refractivity (Wildman–Crippen MR) is 75.4 cm³/mol. The molecule has 2 heterocycles. The number of rotatable bonds is 3. The van der Waals surface area contributed by atoms with Crippen LogP contribution in [0.3, 0.4) is 0 Å².